The Balaban J connectivity index is 2.08. The number of hydrogen-bond acceptors (Lipinski definition) is 5. The summed E-state index contributed by atoms with van der Waals surface area (Å²) in [7, 11) is 1.46. The molecule has 7 heteroatoms. The van der Waals surface area contributed by atoms with Gasteiger partial charge in [-0.2, -0.15) is 0 Å². The van der Waals surface area contributed by atoms with Gasteiger partial charge in [-0.1, -0.05) is 0 Å². The lowest BCUT2D eigenvalue weighted by Crippen LogP contribution is -2.31. The molecule has 1 aromatic carbocycles. The molecule has 2 aliphatic rings. The van der Waals surface area contributed by atoms with Crippen LogP contribution in [0, 0.1) is 10.1 Å². The van der Waals surface area contributed by atoms with Gasteiger partial charge < -0.3 is 4.90 Å². The molecule has 0 aliphatic carbocycles. The van der Waals surface area contributed by atoms with Crippen LogP contribution in [-0.4, -0.2) is 46.7 Å². The first-order chi connectivity index (χ1) is 10.5. The number of amides is 2. The highest BCUT2D eigenvalue weighted by Crippen LogP contribution is 2.33. The first-order valence-corrected chi connectivity index (χ1v) is 7.07. The summed E-state index contributed by atoms with van der Waals surface area (Å²) in [6, 6.07) is 5.74. The second kappa shape index (κ2) is 5.25. The average Bonchev–Trinajstić information content (AvgIpc) is 3.10. The Morgan fingerprint density at radius 2 is 1.64 bits per heavy atom. The normalized spacial score (nSPS) is 18.6. The molecule has 22 heavy (non-hydrogen) atoms. The van der Waals surface area contributed by atoms with Gasteiger partial charge in [0.25, 0.3) is 17.5 Å². The van der Waals surface area contributed by atoms with Gasteiger partial charge in [-0.25, -0.2) is 0 Å². The van der Waals surface area contributed by atoms with Crippen LogP contribution in [0.4, 0.5) is 5.69 Å². The highest BCUT2D eigenvalue weighted by atomic mass is 16.6. The van der Waals surface area contributed by atoms with Gasteiger partial charge in [0.15, 0.2) is 0 Å². The van der Waals surface area contributed by atoms with Gasteiger partial charge in [0.05, 0.1) is 10.5 Å². The zero-order chi connectivity index (χ0) is 15.9. The zero-order valence-corrected chi connectivity index (χ0v) is 12.1. The minimum Gasteiger partial charge on any atom is -0.366 e. The van der Waals surface area contributed by atoms with E-state index in [9.17, 15) is 19.7 Å². The molecule has 1 saturated heterocycles. The lowest BCUT2D eigenvalue weighted by Gasteiger charge is -2.18. The fraction of sp³-hybridized carbons (Fsp3) is 0.333. The highest BCUT2D eigenvalue weighted by Gasteiger charge is 2.40. The average molecular weight is 301 g/mol. The van der Waals surface area contributed by atoms with Gasteiger partial charge in [0.2, 0.25) is 0 Å². The molecule has 7 nitrogen and oxygen atoms in total. The summed E-state index contributed by atoms with van der Waals surface area (Å²) in [5.74, 6) is -0.666. The lowest BCUT2D eigenvalue weighted by molar-refractivity contribution is -0.384. The zero-order valence-electron chi connectivity index (χ0n) is 12.1. The minimum atomic E-state index is -0.493. The summed E-state index contributed by atoms with van der Waals surface area (Å²) in [6.07, 6.45) is 1.98. The number of likely N-dealkylation sites (tertiary alicyclic amines) is 1. The Labute approximate surface area is 127 Å². The Morgan fingerprint density at radius 1 is 1.05 bits per heavy atom. The van der Waals surface area contributed by atoms with E-state index < -0.39 is 4.92 Å². The summed E-state index contributed by atoms with van der Waals surface area (Å²) in [5, 5.41) is 10.7. The van der Waals surface area contributed by atoms with Crippen molar-refractivity contribution < 1.29 is 14.5 Å². The molecule has 3 rings (SSSR count). The number of hydrogen-bond donors (Lipinski definition) is 0. The summed E-state index contributed by atoms with van der Waals surface area (Å²) >= 11 is 0. The molecule has 0 radical (unpaired) electrons. The molecule has 0 spiro atoms. The van der Waals surface area contributed by atoms with Crippen LogP contribution in [0.15, 0.2) is 30.0 Å². The van der Waals surface area contributed by atoms with E-state index in [0.29, 0.717) is 16.8 Å². The predicted octanol–water partition coefficient (Wildman–Crippen LogP) is 1.40. The molecule has 2 heterocycles. The van der Waals surface area contributed by atoms with Crippen molar-refractivity contribution in [3.63, 3.8) is 0 Å². The Kier molecular flexibility index (Phi) is 3.40. The molecule has 2 aliphatic heterocycles. The summed E-state index contributed by atoms with van der Waals surface area (Å²) < 4.78 is 0. The summed E-state index contributed by atoms with van der Waals surface area (Å²) in [5.41, 5.74) is 1.25. The van der Waals surface area contributed by atoms with Gasteiger partial charge >= 0.3 is 0 Å². The van der Waals surface area contributed by atoms with E-state index in [-0.39, 0.29) is 17.5 Å². The first-order valence-electron chi connectivity index (χ1n) is 7.07. The number of likely N-dealkylation sites (N-methyl/N-ethyl adjacent to an activating group) is 1. The second-order valence-corrected chi connectivity index (χ2v) is 5.39. The monoisotopic (exact) mass is 301 g/mol. The van der Waals surface area contributed by atoms with Crippen molar-refractivity contribution in [3.05, 3.63) is 45.6 Å². The second-order valence-electron chi connectivity index (χ2n) is 5.39. The van der Waals surface area contributed by atoms with E-state index in [1.54, 1.807) is 0 Å². The van der Waals surface area contributed by atoms with E-state index in [2.05, 4.69) is 0 Å². The fourth-order valence-electron chi connectivity index (χ4n) is 2.87. The Bertz CT molecular complexity index is 687. The number of nitro benzene ring substituents is 1. The molecule has 2 amide bonds. The molecular formula is C15H15N3O4. The van der Waals surface area contributed by atoms with E-state index in [1.807, 2.05) is 4.90 Å². The number of nitro groups is 1. The number of rotatable bonds is 3. The minimum absolute atomic E-state index is 0.0443. The van der Waals surface area contributed by atoms with Gasteiger partial charge in [0.1, 0.15) is 5.70 Å². The van der Waals surface area contributed by atoms with Gasteiger partial charge in [-0.05, 0) is 30.5 Å². The quantitative estimate of drug-likeness (QED) is 0.479. The van der Waals surface area contributed by atoms with Gasteiger partial charge in [-0.15, -0.1) is 0 Å². The number of imide groups is 1. The van der Waals surface area contributed by atoms with Crippen LogP contribution in [0.3, 0.4) is 0 Å². The van der Waals surface area contributed by atoms with Crippen molar-refractivity contribution >= 4 is 23.1 Å². The van der Waals surface area contributed by atoms with Gasteiger partial charge in [-0.3, -0.25) is 24.6 Å². The molecule has 0 bridgehead atoms. The molecular weight excluding hydrogens is 286 g/mol. The van der Waals surface area contributed by atoms with Crippen molar-refractivity contribution in [3.8, 4) is 0 Å². The molecule has 0 atom stereocenters. The topological polar surface area (TPSA) is 83.8 Å². The highest BCUT2D eigenvalue weighted by molar-refractivity contribution is 6.35. The number of nitrogens with zero attached hydrogens (tertiary/aromatic N) is 3. The molecule has 0 saturated carbocycles. The third-order valence-electron chi connectivity index (χ3n) is 4.05. The Morgan fingerprint density at radius 3 is 2.18 bits per heavy atom. The standard InChI is InChI=1S/C15H15N3O4/c1-16-14(19)12(10-4-6-11(7-5-10)18(21)22)13(15(16)20)17-8-2-3-9-17/h4-7H,2-3,8-9H2,1H3. The van der Waals surface area contributed by atoms with E-state index in [0.717, 1.165) is 30.8 Å². The predicted molar refractivity (Wildman–Crippen MR) is 78.6 cm³/mol. The molecule has 0 N–H and O–H groups in total. The van der Waals surface area contributed by atoms with Crippen molar-refractivity contribution in [2.75, 3.05) is 20.1 Å². The van der Waals surface area contributed by atoms with Crippen molar-refractivity contribution in [1.29, 1.82) is 0 Å². The fourth-order valence-corrected chi connectivity index (χ4v) is 2.87. The van der Waals surface area contributed by atoms with Crippen LogP contribution in [0.5, 0.6) is 0 Å². The third kappa shape index (κ3) is 2.14. The van der Waals surface area contributed by atoms with Crippen LogP contribution in [0.1, 0.15) is 18.4 Å². The maximum absolute atomic E-state index is 12.4. The number of carbonyl (C=O) groups excluding carboxylic acids is 2. The molecule has 1 fully saturated rings. The van der Waals surface area contributed by atoms with Crippen molar-refractivity contribution in [1.82, 2.24) is 9.80 Å². The molecule has 114 valence electrons. The summed E-state index contributed by atoms with van der Waals surface area (Å²) in [6.45, 7) is 1.50. The van der Waals surface area contributed by atoms with E-state index >= 15 is 0 Å². The molecule has 0 unspecified atom stereocenters. The molecule has 1 aromatic rings. The van der Waals surface area contributed by atoms with Crippen LogP contribution in [0.2, 0.25) is 0 Å². The van der Waals surface area contributed by atoms with E-state index in [1.165, 1.54) is 31.3 Å². The number of benzene rings is 1. The van der Waals surface area contributed by atoms with Crippen LogP contribution in [-0.2, 0) is 9.59 Å². The van der Waals surface area contributed by atoms with Crippen LogP contribution < -0.4 is 0 Å². The van der Waals surface area contributed by atoms with E-state index in [4.69, 9.17) is 0 Å². The third-order valence-corrected chi connectivity index (χ3v) is 4.05. The number of non-ortho nitro benzene ring substituents is 1. The first kappa shape index (κ1) is 14.2. The molecule has 0 aromatic heterocycles. The number of carbonyl (C=O) groups is 2. The SMILES string of the molecule is CN1C(=O)C(c2ccc([N+](=O)[O-])cc2)=C(N2CCCC2)C1=O. The van der Waals surface area contributed by atoms with Gasteiger partial charge in [0, 0.05) is 32.3 Å². The smallest absolute Gasteiger partial charge is 0.277 e. The summed E-state index contributed by atoms with van der Waals surface area (Å²) in [4.78, 5) is 38.0. The largest absolute Gasteiger partial charge is 0.366 e. The maximum atomic E-state index is 12.4. The lowest BCUT2D eigenvalue weighted by atomic mass is 10.0. The van der Waals surface area contributed by atoms with Crippen molar-refractivity contribution in [2.45, 2.75) is 12.8 Å². The maximum Gasteiger partial charge on any atom is 0.277 e. The van der Waals surface area contributed by atoms with Crippen LogP contribution in [0.25, 0.3) is 5.57 Å². The van der Waals surface area contributed by atoms with Crippen LogP contribution >= 0.6 is 0 Å². The Hall–Kier alpha value is -2.70. The van der Waals surface area contributed by atoms with Crippen molar-refractivity contribution in [2.24, 2.45) is 0 Å².